The van der Waals surface area contributed by atoms with E-state index in [-0.39, 0.29) is 11.8 Å². The van der Waals surface area contributed by atoms with Crippen LogP contribution in [0.15, 0.2) is 24.3 Å². The van der Waals surface area contributed by atoms with Crippen molar-refractivity contribution >= 4 is 5.78 Å². The molecule has 1 aromatic rings. The summed E-state index contributed by atoms with van der Waals surface area (Å²) in [6.45, 7) is 8.16. The SMILES string of the molecule is CCc1ccc(C(=O)C(C)N2CCCNCC2)cc1. The summed E-state index contributed by atoms with van der Waals surface area (Å²) in [5.41, 5.74) is 2.12. The van der Waals surface area contributed by atoms with E-state index < -0.39 is 0 Å². The van der Waals surface area contributed by atoms with Gasteiger partial charge in [0, 0.05) is 25.2 Å². The van der Waals surface area contributed by atoms with Crippen molar-refractivity contribution in [3.8, 4) is 0 Å². The van der Waals surface area contributed by atoms with Crippen molar-refractivity contribution in [1.82, 2.24) is 10.2 Å². The van der Waals surface area contributed by atoms with Gasteiger partial charge in [-0.2, -0.15) is 0 Å². The standard InChI is InChI=1S/C16H24N2O/c1-3-14-5-7-15(8-6-14)16(19)13(2)18-11-4-9-17-10-12-18/h5-8,13,17H,3-4,9-12H2,1-2H3. The summed E-state index contributed by atoms with van der Waals surface area (Å²) in [6, 6.07) is 8.03. The molecular weight excluding hydrogens is 236 g/mol. The second-order valence-corrected chi connectivity index (χ2v) is 5.23. The lowest BCUT2D eigenvalue weighted by Gasteiger charge is -2.26. The predicted octanol–water partition coefficient (Wildman–Crippen LogP) is 2.12. The van der Waals surface area contributed by atoms with Gasteiger partial charge in [0.1, 0.15) is 0 Å². The molecule has 0 spiro atoms. The molecule has 0 aromatic heterocycles. The molecule has 1 aliphatic rings. The van der Waals surface area contributed by atoms with Crippen molar-refractivity contribution in [3.63, 3.8) is 0 Å². The zero-order chi connectivity index (χ0) is 13.7. The van der Waals surface area contributed by atoms with E-state index in [9.17, 15) is 4.79 Å². The zero-order valence-corrected chi connectivity index (χ0v) is 12.0. The summed E-state index contributed by atoms with van der Waals surface area (Å²) < 4.78 is 0. The number of aryl methyl sites for hydroxylation is 1. The average molecular weight is 260 g/mol. The van der Waals surface area contributed by atoms with E-state index in [2.05, 4.69) is 29.3 Å². The van der Waals surface area contributed by atoms with E-state index in [1.165, 1.54) is 5.56 Å². The highest BCUT2D eigenvalue weighted by Gasteiger charge is 2.22. The number of benzene rings is 1. The van der Waals surface area contributed by atoms with Crippen LogP contribution in [0, 0.1) is 0 Å². The Labute approximate surface area is 116 Å². The molecule has 3 heteroatoms. The van der Waals surface area contributed by atoms with Crippen LogP contribution in [0.2, 0.25) is 0 Å². The molecule has 0 amide bonds. The normalized spacial score (nSPS) is 18.8. The third kappa shape index (κ3) is 3.64. The van der Waals surface area contributed by atoms with Crippen molar-refractivity contribution in [2.45, 2.75) is 32.7 Å². The Morgan fingerprint density at radius 2 is 2.00 bits per heavy atom. The van der Waals surface area contributed by atoms with Gasteiger partial charge in [0.05, 0.1) is 6.04 Å². The predicted molar refractivity (Wildman–Crippen MR) is 78.7 cm³/mol. The van der Waals surface area contributed by atoms with Crippen molar-refractivity contribution in [3.05, 3.63) is 35.4 Å². The van der Waals surface area contributed by atoms with Crippen molar-refractivity contribution < 1.29 is 4.79 Å². The Morgan fingerprint density at radius 1 is 1.26 bits per heavy atom. The van der Waals surface area contributed by atoms with Crippen LogP contribution >= 0.6 is 0 Å². The average Bonchev–Trinajstić information content (AvgIpc) is 2.75. The topological polar surface area (TPSA) is 32.3 Å². The molecular formula is C16H24N2O. The third-order valence-electron chi connectivity index (χ3n) is 3.95. The Kier molecular flexibility index (Phi) is 5.11. The van der Waals surface area contributed by atoms with Crippen LogP contribution in [0.1, 0.15) is 36.2 Å². The quantitative estimate of drug-likeness (QED) is 0.842. The Balaban J connectivity index is 2.04. The summed E-state index contributed by atoms with van der Waals surface area (Å²) in [5, 5.41) is 3.37. The van der Waals surface area contributed by atoms with E-state index in [4.69, 9.17) is 0 Å². The summed E-state index contributed by atoms with van der Waals surface area (Å²) >= 11 is 0. The maximum atomic E-state index is 12.5. The molecule has 0 aliphatic carbocycles. The highest BCUT2D eigenvalue weighted by Crippen LogP contribution is 2.12. The molecule has 19 heavy (non-hydrogen) atoms. The first-order chi connectivity index (χ1) is 9.22. The fourth-order valence-corrected chi connectivity index (χ4v) is 2.57. The van der Waals surface area contributed by atoms with Crippen LogP contribution in [0.3, 0.4) is 0 Å². The van der Waals surface area contributed by atoms with Gasteiger partial charge in [-0.3, -0.25) is 9.69 Å². The maximum Gasteiger partial charge on any atom is 0.179 e. The lowest BCUT2D eigenvalue weighted by Crippen LogP contribution is -2.41. The van der Waals surface area contributed by atoms with Crippen LogP contribution in [0.4, 0.5) is 0 Å². The van der Waals surface area contributed by atoms with E-state index in [1.54, 1.807) is 0 Å². The number of nitrogens with one attached hydrogen (secondary N) is 1. The number of nitrogens with zero attached hydrogens (tertiary/aromatic N) is 1. The number of hydrogen-bond acceptors (Lipinski definition) is 3. The van der Waals surface area contributed by atoms with E-state index in [1.807, 2.05) is 19.1 Å². The molecule has 1 atom stereocenters. The van der Waals surface area contributed by atoms with Crippen molar-refractivity contribution in [2.75, 3.05) is 26.2 Å². The summed E-state index contributed by atoms with van der Waals surface area (Å²) in [4.78, 5) is 14.8. The highest BCUT2D eigenvalue weighted by atomic mass is 16.1. The first-order valence-corrected chi connectivity index (χ1v) is 7.30. The van der Waals surface area contributed by atoms with Gasteiger partial charge in [-0.05, 0) is 31.9 Å². The number of carbonyl (C=O) groups excluding carboxylic acids is 1. The van der Waals surface area contributed by atoms with Gasteiger partial charge in [-0.25, -0.2) is 0 Å². The van der Waals surface area contributed by atoms with Crippen LogP contribution < -0.4 is 5.32 Å². The molecule has 2 rings (SSSR count). The van der Waals surface area contributed by atoms with E-state index in [0.29, 0.717) is 0 Å². The van der Waals surface area contributed by atoms with E-state index >= 15 is 0 Å². The van der Waals surface area contributed by atoms with Crippen LogP contribution in [-0.4, -0.2) is 42.9 Å². The first-order valence-electron chi connectivity index (χ1n) is 7.30. The molecule has 1 N–H and O–H groups in total. The molecule has 1 aliphatic heterocycles. The largest absolute Gasteiger partial charge is 0.315 e. The fraction of sp³-hybridized carbons (Fsp3) is 0.562. The fourth-order valence-electron chi connectivity index (χ4n) is 2.57. The smallest absolute Gasteiger partial charge is 0.179 e. The second-order valence-electron chi connectivity index (χ2n) is 5.23. The number of Topliss-reactive ketones (excluding diaryl/α,β-unsaturated/α-hetero) is 1. The maximum absolute atomic E-state index is 12.5. The third-order valence-corrected chi connectivity index (χ3v) is 3.95. The molecule has 0 bridgehead atoms. The van der Waals surface area contributed by atoms with Crippen LogP contribution in [0.25, 0.3) is 0 Å². The summed E-state index contributed by atoms with van der Waals surface area (Å²) in [7, 11) is 0. The van der Waals surface area contributed by atoms with Gasteiger partial charge < -0.3 is 5.32 Å². The van der Waals surface area contributed by atoms with Gasteiger partial charge >= 0.3 is 0 Å². The lowest BCUT2D eigenvalue weighted by molar-refractivity contribution is 0.0847. The zero-order valence-electron chi connectivity index (χ0n) is 12.0. The lowest BCUT2D eigenvalue weighted by atomic mass is 10.0. The van der Waals surface area contributed by atoms with Gasteiger partial charge in [0.2, 0.25) is 0 Å². The van der Waals surface area contributed by atoms with Crippen molar-refractivity contribution in [2.24, 2.45) is 0 Å². The first kappa shape index (κ1) is 14.2. The van der Waals surface area contributed by atoms with Crippen LogP contribution in [-0.2, 0) is 6.42 Å². The molecule has 0 radical (unpaired) electrons. The van der Waals surface area contributed by atoms with Gasteiger partial charge in [-0.1, -0.05) is 31.2 Å². The molecule has 0 saturated carbocycles. The van der Waals surface area contributed by atoms with Crippen molar-refractivity contribution in [1.29, 1.82) is 0 Å². The molecule has 104 valence electrons. The summed E-state index contributed by atoms with van der Waals surface area (Å²) in [6.07, 6.45) is 2.13. The number of hydrogen-bond donors (Lipinski definition) is 1. The van der Waals surface area contributed by atoms with Gasteiger partial charge in [0.15, 0.2) is 5.78 Å². The molecule has 1 heterocycles. The van der Waals surface area contributed by atoms with Gasteiger partial charge in [0.25, 0.3) is 0 Å². The van der Waals surface area contributed by atoms with Crippen LogP contribution in [0.5, 0.6) is 0 Å². The highest BCUT2D eigenvalue weighted by molar-refractivity contribution is 5.99. The number of carbonyl (C=O) groups is 1. The molecule has 1 aromatic carbocycles. The Bertz CT molecular complexity index is 405. The minimum absolute atomic E-state index is 0.0209. The van der Waals surface area contributed by atoms with E-state index in [0.717, 1.165) is 44.6 Å². The Hall–Kier alpha value is -1.19. The second kappa shape index (κ2) is 6.83. The Morgan fingerprint density at radius 3 is 2.68 bits per heavy atom. The molecule has 1 saturated heterocycles. The minimum atomic E-state index is -0.0209. The van der Waals surface area contributed by atoms with Gasteiger partial charge in [-0.15, -0.1) is 0 Å². The summed E-state index contributed by atoms with van der Waals surface area (Å²) in [5.74, 6) is 0.240. The number of rotatable bonds is 4. The molecule has 1 unspecified atom stereocenters. The monoisotopic (exact) mass is 260 g/mol. The minimum Gasteiger partial charge on any atom is -0.315 e. The molecule has 1 fully saturated rings. The number of ketones is 1. The molecule has 3 nitrogen and oxygen atoms in total.